The van der Waals surface area contributed by atoms with Crippen molar-refractivity contribution in [1.29, 1.82) is 0 Å². The molecule has 0 fully saturated rings. The zero-order chi connectivity index (χ0) is 10.5. The predicted octanol–water partition coefficient (Wildman–Crippen LogP) is 2.86. The van der Waals surface area contributed by atoms with Crippen LogP contribution in [-0.4, -0.2) is 26.1 Å². The first-order valence-electron chi connectivity index (χ1n) is 5.36. The van der Waals surface area contributed by atoms with Crippen LogP contribution in [0.25, 0.3) is 9.78 Å². The summed E-state index contributed by atoms with van der Waals surface area (Å²) in [5.41, 5.74) is 1.12. The van der Waals surface area contributed by atoms with E-state index in [1.807, 2.05) is 11.1 Å². The number of unbranched alkanes of at least 4 members (excludes halogenated alkanes) is 2. The van der Waals surface area contributed by atoms with Gasteiger partial charge in [-0.25, -0.2) is 0 Å². The van der Waals surface area contributed by atoms with Crippen LogP contribution in [0.3, 0.4) is 0 Å². The van der Waals surface area contributed by atoms with Crippen LogP contribution >= 0.6 is 0 Å². The van der Waals surface area contributed by atoms with Crippen molar-refractivity contribution in [1.82, 2.24) is 4.98 Å². The maximum atomic E-state index is 5.69. The first-order valence-corrected chi connectivity index (χ1v) is 7.21. The van der Waals surface area contributed by atoms with Crippen LogP contribution in [0.1, 0.15) is 26.2 Å². The van der Waals surface area contributed by atoms with Crippen molar-refractivity contribution in [2.75, 3.05) is 6.61 Å². The molecule has 1 heterocycles. The Labute approximate surface area is 96.0 Å². The van der Waals surface area contributed by atoms with Crippen molar-refractivity contribution in [2.45, 2.75) is 26.2 Å². The molecule has 0 bridgehead atoms. The fraction of sp³-hybridized carbons (Fsp3) is 0.417. The van der Waals surface area contributed by atoms with Gasteiger partial charge in [-0.2, -0.15) is 0 Å². The molecule has 3 heteroatoms. The Balaban J connectivity index is 1.96. The fourth-order valence-electron chi connectivity index (χ4n) is 1.47. The third kappa shape index (κ3) is 2.83. The Hall–Kier alpha value is -0.791. The third-order valence-electron chi connectivity index (χ3n) is 2.32. The number of rotatable bonds is 5. The van der Waals surface area contributed by atoms with Crippen LogP contribution < -0.4 is 4.74 Å². The summed E-state index contributed by atoms with van der Waals surface area (Å²) >= 11 is 0.415. The molecule has 0 atom stereocenters. The number of aromatic nitrogens is 1. The van der Waals surface area contributed by atoms with Crippen molar-refractivity contribution in [3.8, 4) is 5.75 Å². The molecule has 0 aliphatic carbocycles. The summed E-state index contributed by atoms with van der Waals surface area (Å²) < 4.78 is 7.03. The molecule has 15 heavy (non-hydrogen) atoms. The molecule has 0 unspecified atom stereocenters. The second-order valence-electron chi connectivity index (χ2n) is 3.54. The predicted molar refractivity (Wildman–Crippen MR) is 63.7 cm³/mol. The van der Waals surface area contributed by atoms with E-state index < -0.39 is 0 Å². The summed E-state index contributed by atoms with van der Waals surface area (Å²) in [7, 11) is 0. The average molecular weight is 268 g/mol. The summed E-state index contributed by atoms with van der Waals surface area (Å²) in [5, 5.41) is 2.01. The van der Waals surface area contributed by atoms with Crippen molar-refractivity contribution in [3.63, 3.8) is 0 Å². The van der Waals surface area contributed by atoms with Crippen LogP contribution in [0.5, 0.6) is 5.75 Å². The molecule has 0 aliphatic heterocycles. The van der Waals surface area contributed by atoms with Crippen molar-refractivity contribution >= 4 is 24.3 Å². The van der Waals surface area contributed by atoms with Gasteiger partial charge in [0, 0.05) is 0 Å². The number of benzene rings is 1. The van der Waals surface area contributed by atoms with E-state index in [1.54, 1.807) is 0 Å². The number of hydrogen-bond acceptors (Lipinski definition) is 2. The van der Waals surface area contributed by atoms with Crippen LogP contribution in [0.2, 0.25) is 0 Å². The molecule has 80 valence electrons. The topological polar surface area (TPSA) is 22.1 Å². The number of hydrogen-bond donors (Lipinski definition) is 0. The van der Waals surface area contributed by atoms with Crippen LogP contribution in [0.4, 0.5) is 0 Å². The minimum absolute atomic E-state index is 0.415. The van der Waals surface area contributed by atoms with E-state index in [0.29, 0.717) is 14.5 Å². The van der Waals surface area contributed by atoms with Crippen molar-refractivity contribution in [3.05, 3.63) is 23.3 Å². The fourth-order valence-corrected chi connectivity index (χ4v) is 2.95. The molecule has 1 aromatic carbocycles. The second-order valence-corrected chi connectivity index (χ2v) is 5.40. The average Bonchev–Trinajstić information content (AvgIpc) is 2.71. The number of fused-ring (bicyclic) bond motifs is 1. The van der Waals surface area contributed by atoms with Crippen molar-refractivity contribution in [2.24, 2.45) is 0 Å². The third-order valence-corrected chi connectivity index (χ3v) is 3.98. The second kappa shape index (κ2) is 5.34. The summed E-state index contributed by atoms with van der Waals surface area (Å²) in [4.78, 5) is 4.30. The Kier molecular flexibility index (Phi) is 3.81. The SMILES string of the molecule is CCCCCOc1ccc2nc[se]c2c1. The van der Waals surface area contributed by atoms with E-state index in [1.165, 1.54) is 17.1 Å². The molecule has 0 saturated carbocycles. The van der Waals surface area contributed by atoms with E-state index in [4.69, 9.17) is 4.74 Å². The number of nitrogens with zero attached hydrogens (tertiary/aromatic N) is 1. The molecule has 2 rings (SSSR count). The zero-order valence-electron chi connectivity index (χ0n) is 8.90. The van der Waals surface area contributed by atoms with Gasteiger partial charge in [0.1, 0.15) is 0 Å². The quantitative estimate of drug-likeness (QED) is 0.614. The van der Waals surface area contributed by atoms with Gasteiger partial charge in [0.2, 0.25) is 0 Å². The Bertz CT molecular complexity index is 424. The van der Waals surface area contributed by atoms with Crippen molar-refractivity contribution < 1.29 is 4.74 Å². The monoisotopic (exact) mass is 269 g/mol. The zero-order valence-corrected chi connectivity index (χ0v) is 10.6. The molecule has 0 saturated heterocycles. The van der Waals surface area contributed by atoms with Gasteiger partial charge >= 0.3 is 95.8 Å². The molecule has 0 spiro atoms. The van der Waals surface area contributed by atoms with Gasteiger partial charge in [0.15, 0.2) is 0 Å². The first kappa shape index (κ1) is 10.7. The van der Waals surface area contributed by atoms with E-state index >= 15 is 0 Å². The molecule has 0 aliphatic rings. The standard InChI is InChI=1S/C12H15NOSe/c1-2-3-4-7-14-10-5-6-11-12(8-10)15-9-13-11/h5-6,8-9H,2-4,7H2,1H3. The van der Waals surface area contributed by atoms with Gasteiger partial charge in [-0.15, -0.1) is 0 Å². The van der Waals surface area contributed by atoms with Gasteiger partial charge in [0.05, 0.1) is 0 Å². The van der Waals surface area contributed by atoms with Gasteiger partial charge in [-0.05, 0) is 0 Å². The summed E-state index contributed by atoms with van der Waals surface area (Å²) in [5.74, 6) is 0.997. The molecule has 0 radical (unpaired) electrons. The van der Waals surface area contributed by atoms with E-state index in [9.17, 15) is 0 Å². The van der Waals surface area contributed by atoms with Crippen LogP contribution in [0, 0.1) is 0 Å². The Morgan fingerprint density at radius 1 is 1.33 bits per heavy atom. The normalized spacial score (nSPS) is 10.7. The summed E-state index contributed by atoms with van der Waals surface area (Å²) in [6, 6.07) is 6.20. The molecular formula is C12H15NOSe. The van der Waals surface area contributed by atoms with Gasteiger partial charge < -0.3 is 0 Å². The van der Waals surface area contributed by atoms with Gasteiger partial charge in [-0.3, -0.25) is 0 Å². The van der Waals surface area contributed by atoms with Crippen LogP contribution in [-0.2, 0) is 0 Å². The van der Waals surface area contributed by atoms with Crippen LogP contribution in [0.15, 0.2) is 23.3 Å². The summed E-state index contributed by atoms with van der Waals surface area (Å²) in [6.45, 7) is 3.04. The molecule has 2 aromatic rings. The van der Waals surface area contributed by atoms with E-state index in [2.05, 4.69) is 24.0 Å². The minimum atomic E-state index is 0.415. The first-order chi connectivity index (χ1) is 7.40. The van der Waals surface area contributed by atoms with E-state index in [0.717, 1.165) is 24.3 Å². The Morgan fingerprint density at radius 3 is 3.13 bits per heavy atom. The van der Waals surface area contributed by atoms with E-state index in [-0.39, 0.29) is 0 Å². The Morgan fingerprint density at radius 2 is 2.27 bits per heavy atom. The maximum absolute atomic E-state index is 5.69. The molecular weight excluding hydrogens is 253 g/mol. The molecule has 2 nitrogen and oxygen atoms in total. The molecule has 0 N–H and O–H groups in total. The molecule has 1 aromatic heterocycles. The summed E-state index contributed by atoms with van der Waals surface area (Å²) in [6.07, 6.45) is 3.64. The molecule has 0 amide bonds. The van der Waals surface area contributed by atoms with Gasteiger partial charge in [0.25, 0.3) is 0 Å². The number of ether oxygens (including phenoxy) is 1. The van der Waals surface area contributed by atoms with Gasteiger partial charge in [-0.1, -0.05) is 0 Å².